The van der Waals surface area contributed by atoms with E-state index in [1.54, 1.807) is 16.8 Å². The minimum absolute atomic E-state index is 0.0164. The molecule has 0 aromatic rings. The molecule has 3 atom stereocenters. The lowest BCUT2D eigenvalue weighted by molar-refractivity contribution is -0.151. The Hall–Kier alpha value is -1.84. The molecule has 0 aromatic carbocycles. The third kappa shape index (κ3) is 6.07. The zero-order valence-corrected chi connectivity index (χ0v) is 17.5. The summed E-state index contributed by atoms with van der Waals surface area (Å²) in [4.78, 5) is 39.3. The molecule has 2 rings (SSSR count). The van der Waals surface area contributed by atoms with Crippen LogP contribution in [0.5, 0.6) is 0 Å². The third-order valence-electron chi connectivity index (χ3n) is 5.94. The van der Waals surface area contributed by atoms with Gasteiger partial charge in [0.15, 0.2) is 0 Å². The molecule has 2 bridgehead atoms. The highest BCUT2D eigenvalue weighted by molar-refractivity contribution is 5.87. The van der Waals surface area contributed by atoms with Crippen LogP contribution < -0.4 is 0 Å². The number of carbonyl (C=O) groups is 3. The van der Waals surface area contributed by atoms with Gasteiger partial charge in [0.05, 0.1) is 11.8 Å². The Morgan fingerprint density at radius 3 is 2.28 bits per heavy atom. The van der Waals surface area contributed by atoms with E-state index in [2.05, 4.69) is 0 Å². The van der Waals surface area contributed by atoms with Crippen molar-refractivity contribution < 1.29 is 32.7 Å². The van der Waals surface area contributed by atoms with E-state index < -0.39 is 30.3 Å². The van der Waals surface area contributed by atoms with Crippen LogP contribution in [-0.2, 0) is 14.4 Å². The van der Waals surface area contributed by atoms with Gasteiger partial charge in [0, 0.05) is 38.6 Å². The Morgan fingerprint density at radius 2 is 1.79 bits per heavy atom. The van der Waals surface area contributed by atoms with Gasteiger partial charge < -0.3 is 19.8 Å². The first-order chi connectivity index (χ1) is 13.4. The molecule has 0 spiro atoms. The first-order valence-electron chi connectivity index (χ1n) is 9.79. The second-order valence-electron chi connectivity index (χ2n) is 8.01. The Balaban J connectivity index is 0.00000132. The lowest BCUT2D eigenvalue weighted by Crippen LogP contribution is -2.51. The highest BCUT2D eigenvalue weighted by atomic mass is 19.4. The zero-order valence-electron chi connectivity index (χ0n) is 17.5. The topological polar surface area (TPSA) is 81.2 Å². The van der Waals surface area contributed by atoms with Gasteiger partial charge in [0.2, 0.25) is 11.8 Å². The number of carboxylic acid groups (broad SMARTS) is 1. The van der Waals surface area contributed by atoms with E-state index in [0.717, 1.165) is 13.0 Å². The molecular weight excluding hydrogens is 391 g/mol. The van der Waals surface area contributed by atoms with Gasteiger partial charge in [-0.25, -0.2) is 0 Å². The average Bonchev–Trinajstić information content (AvgIpc) is 3.20. The Kier molecular flexibility index (Phi) is 8.92. The lowest BCUT2D eigenvalue weighted by atomic mass is 9.71. The minimum Gasteiger partial charge on any atom is -0.483 e. The van der Waals surface area contributed by atoms with Crippen LogP contribution in [0.15, 0.2) is 0 Å². The lowest BCUT2D eigenvalue weighted by Gasteiger charge is -2.38. The molecule has 0 aliphatic carbocycles. The molecule has 0 aromatic heterocycles. The molecule has 10 heteroatoms. The molecule has 0 saturated carbocycles. The Morgan fingerprint density at radius 1 is 1.21 bits per heavy atom. The van der Waals surface area contributed by atoms with Crippen LogP contribution in [0.25, 0.3) is 0 Å². The number of halogens is 3. The summed E-state index contributed by atoms with van der Waals surface area (Å²) < 4.78 is 37.4. The number of carbonyl (C=O) groups excluding carboxylic acids is 2. The van der Waals surface area contributed by atoms with Crippen LogP contribution in [-0.4, -0.2) is 90.6 Å². The smallest absolute Gasteiger partial charge is 0.389 e. The van der Waals surface area contributed by atoms with Gasteiger partial charge in [-0.05, 0) is 39.8 Å². The summed E-state index contributed by atoms with van der Waals surface area (Å²) >= 11 is 0. The number of hydrogen-bond acceptors (Lipinski definition) is 4. The van der Waals surface area contributed by atoms with E-state index in [9.17, 15) is 22.8 Å². The summed E-state index contributed by atoms with van der Waals surface area (Å²) in [5, 5.41) is 6.89. The van der Waals surface area contributed by atoms with Gasteiger partial charge >= 0.3 is 6.18 Å². The minimum atomic E-state index is -4.33. The van der Waals surface area contributed by atoms with Crippen LogP contribution in [0.2, 0.25) is 0 Å². The predicted octanol–water partition coefficient (Wildman–Crippen LogP) is 2.21. The summed E-state index contributed by atoms with van der Waals surface area (Å²) in [5.74, 6) is -0.448. The summed E-state index contributed by atoms with van der Waals surface area (Å²) in [6.07, 6.45) is -3.32. The van der Waals surface area contributed by atoms with E-state index in [4.69, 9.17) is 9.90 Å². The fourth-order valence-electron chi connectivity index (χ4n) is 4.53. The largest absolute Gasteiger partial charge is 0.483 e. The number of rotatable bonds is 7. The van der Waals surface area contributed by atoms with E-state index in [-0.39, 0.29) is 24.5 Å². The van der Waals surface area contributed by atoms with Crippen molar-refractivity contribution in [2.75, 3.05) is 34.2 Å². The van der Waals surface area contributed by atoms with Crippen LogP contribution in [0.3, 0.4) is 0 Å². The van der Waals surface area contributed by atoms with E-state index in [1.807, 2.05) is 25.9 Å². The number of amides is 2. The maximum atomic E-state index is 13.2. The van der Waals surface area contributed by atoms with E-state index in [0.29, 0.717) is 25.8 Å². The molecular formula is C19H32F3N3O4. The normalized spacial score (nSPS) is 25.6. The molecule has 0 radical (unpaired) electrons. The molecule has 0 unspecified atom stereocenters. The molecule has 1 N–H and O–H groups in total. The maximum absolute atomic E-state index is 13.2. The summed E-state index contributed by atoms with van der Waals surface area (Å²) in [5.41, 5.74) is -0.655. The second-order valence-corrected chi connectivity index (χ2v) is 8.01. The molecule has 2 aliphatic heterocycles. The summed E-state index contributed by atoms with van der Waals surface area (Å²) in [7, 11) is 5.64. The zero-order chi connectivity index (χ0) is 22.4. The number of likely N-dealkylation sites (N-methyl/N-ethyl adjacent to an activating group) is 2. The average molecular weight is 423 g/mol. The molecule has 168 valence electrons. The maximum Gasteiger partial charge on any atom is 0.389 e. The van der Waals surface area contributed by atoms with Gasteiger partial charge in [-0.1, -0.05) is 6.92 Å². The summed E-state index contributed by atoms with van der Waals surface area (Å²) in [6.45, 7) is 3.02. The highest BCUT2D eigenvalue weighted by Crippen LogP contribution is 2.53. The molecule has 2 heterocycles. The number of alkyl halides is 3. The SMILES string of the molecule is CC[C@@]1(C(=O)N(C)CCN(C)C)C[C@@H]2CC[C@H]1N2C(=O)CCC(F)(F)F.O=CO. The third-order valence-corrected chi connectivity index (χ3v) is 5.94. The van der Waals surface area contributed by atoms with Crippen LogP contribution in [0.4, 0.5) is 13.2 Å². The van der Waals surface area contributed by atoms with E-state index in [1.165, 1.54) is 0 Å². The quantitative estimate of drug-likeness (QED) is 0.635. The van der Waals surface area contributed by atoms with Crippen molar-refractivity contribution in [2.24, 2.45) is 5.41 Å². The molecule has 2 fully saturated rings. The Labute approximate surface area is 169 Å². The van der Waals surface area contributed by atoms with Crippen LogP contribution in [0, 0.1) is 5.41 Å². The summed E-state index contributed by atoms with van der Waals surface area (Å²) in [6, 6.07) is -0.376. The number of fused-ring (bicyclic) bond motifs is 2. The van der Waals surface area contributed by atoms with Crippen LogP contribution >= 0.6 is 0 Å². The van der Waals surface area contributed by atoms with Gasteiger partial charge in [-0.15, -0.1) is 0 Å². The standard InChI is InChI=1S/C18H30F3N3O2.CH2O2/c1-5-17(16(26)23(4)11-10-22(2)3)12-13-6-7-14(17)24(13)15(25)8-9-18(19,20)21;2-1-3/h13-14H,5-12H2,1-4H3;1H,(H,2,3)/t13-,14+,17+;/m0./s1. The van der Waals surface area contributed by atoms with Crippen molar-refractivity contribution in [1.29, 1.82) is 0 Å². The van der Waals surface area contributed by atoms with Crippen molar-refractivity contribution in [1.82, 2.24) is 14.7 Å². The first-order valence-corrected chi connectivity index (χ1v) is 9.79. The van der Waals surface area contributed by atoms with E-state index >= 15 is 0 Å². The number of nitrogens with zero attached hydrogens (tertiary/aromatic N) is 3. The highest BCUT2D eigenvalue weighted by Gasteiger charge is 2.60. The fraction of sp³-hybridized carbons (Fsp3) is 0.842. The monoisotopic (exact) mass is 423 g/mol. The van der Waals surface area contributed by atoms with Gasteiger partial charge in [0.1, 0.15) is 0 Å². The molecule has 29 heavy (non-hydrogen) atoms. The van der Waals surface area contributed by atoms with Gasteiger partial charge in [0.25, 0.3) is 6.47 Å². The molecule has 2 saturated heterocycles. The Bertz CT molecular complexity index is 586. The molecule has 7 nitrogen and oxygen atoms in total. The van der Waals surface area contributed by atoms with Gasteiger partial charge in [-0.3, -0.25) is 14.4 Å². The van der Waals surface area contributed by atoms with Crippen molar-refractivity contribution in [3.05, 3.63) is 0 Å². The van der Waals surface area contributed by atoms with Crippen molar-refractivity contribution in [3.8, 4) is 0 Å². The van der Waals surface area contributed by atoms with Crippen molar-refractivity contribution >= 4 is 18.3 Å². The number of hydrogen-bond donors (Lipinski definition) is 1. The van der Waals surface area contributed by atoms with Crippen molar-refractivity contribution in [2.45, 2.75) is 63.7 Å². The molecule has 2 aliphatic rings. The fourth-order valence-corrected chi connectivity index (χ4v) is 4.53. The van der Waals surface area contributed by atoms with Crippen molar-refractivity contribution in [3.63, 3.8) is 0 Å². The second kappa shape index (κ2) is 10.3. The predicted molar refractivity (Wildman–Crippen MR) is 101 cm³/mol. The first kappa shape index (κ1) is 25.2. The van der Waals surface area contributed by atoms with Gasteiger partial charge in [-0.2, -0.15) is 13.2 Å². The molecule has 2 amide bonds. The van der Waals surface area contributed by atoms with Crippen LogP contribution in [0.1, 0.15) is 45.4 Å².